The SMILES string of the molecule is O=C(Cn1cnc2ccc(Br)cc2c1=O)Nc1ccc(N=Nc2ccccc2)cc1. The number of rotatable bonds is 5. The lowest BCUT2D eigenvalue weighted by molar-refractivity contribution is -0.116. The van der Waals surface area contributed by atoms with Crippen LogP contribution in [0.2, 0.25) is 0 Å². The van der Waals surface area contributed by atoms with Gasteiger partial charge in [0.15, 0.2) is 0 Å². The van der Waals surface area contributed by atoms with Crippen molar-refractivity contribution >= 4 is 49.8 Å². The van der Waals surface area contributed by atoms with Gasteiger partial charge in [0.05, 0.1) is 28.6 Å². The quantitative estimate of drug-likeness (QED) is 0.413. The summed E-state index contributed by atoms with van der Waals surface area (Å²) in [6.07, 6.45) is 1.38. The first-order valence-corrected chi connectivity index (χ1v) is 9.89. The lowest BCUT2D eigenvalue weighted by Crippen LogP contribution is -2.27. The molecule has 1 amide bonds. The fourth-order valence-corrected chi connectivity index (χ4v) is 3.18. The van der Waals surface area contributed by atoms with Gasteiger partial charge in [0.2, 0.25) is 5.91 Å². The first kappa shape index (κ1) is 19.7. The van der Waals surface area contributed by atoms with E-state index in [2.05, 4.69) is 36.5 Å². The number of halogens is 1. The van der Waals surface area contributed by atoms with E-state index in [1.54, 1.807) is 36.4 Å². The summed E-state index contributed by atoms with van der Waals surface area (Å²) >= 11 is 3.35. The number of amides is 1. The first-order valence-electron chi connectivity index (χ1n) is 9.10. The number of anilines is 1. The fraction of sp³-hybridized carbons (Fsp3) is 0.0455. The monoisotopic (exact) mass is 461 g/mol. The third kappa shape index (κ3) is 4.66. The minimum atomic E-state index is -0.327. The minimum absolute atomic E-state index is 0.135. The summed E-state index contributed by atoms with van der Waals surface area (Å²) in [6.45, 7) is -0.135. The van der Waals surface area contributed by atoms with E-state index in [4.69, 9.17) is 0 Å². The average molecular weight is 462 g/mol. The van der Waals surface area contributed by atoms with Crippen molar-refractivity contribution in [2.24, 2.45) is 10.2 Å². The predicted octanol–water partition coefficient (Wildman–Crippen LogP) is 5.21. The molecule has 1 N–H and O–H groups in total. The number of carbonyl (C=O) groups excluding carboxylic acids is 1. The van der Waals surface area contributed by atoms with Crippen molar-refractivity contribution in [1.82, 2.24) is 9.55 Å². The molecule has 148 valence electrons. The zero-order valence-corrected chi connectivity index (χ0v) is 17.3. The van der Waals surface area contributed by atoms with E-state index in [9.17, 15) is 9.59 Å². The highest BCUT2D eigenvalue weighted by atomic mass is 79.9. The first-order chi connectivity index (χ1) is 14.6. The molecule has 8 heteroatoms. The number of carbonyl (C=O) groups is 1. The van der Waals surface area contributed by atoms with Crippen LogP contribution in [-0.4, -0.2) is 15.5 Å². The van der Waals surface area contributed by atoms with Crippen LogP contribution in [0.1, 0.15) is 0 Å². The second-order valence-corrected chi connectivity index (χ2v) is 7.39. The molecule has 4 aromatic rings. The smallest absolute Gasteiger partial charge is 0.261 e. The average Bonchev–Trinajstić information content (AvgIpc) is 2.76. The van der Waals surface area contributed by atoms with E-state index in [0.29, 0.717) is 22.3 Å². The Kier molecular flexibility index (Phi) is 5.76. The Morgan fingerprint density at radius 2 is 1.67 bits per heavy atom. The number of aromatic nitrogens is 2. The van der Waals surface area contributed by atoms with Gasteiger partial charge in [-0.15, -0.1) is 0 Å². The molecule has 0 radical (unpaired) electrons. The predicted molar refractivity (Wildman–Crippen MR) is 119 cm³/mol. The van der Waals surface area contributed by atoms with Gasteiger partial charge >= 0.3 is 0 Å². The van der Waals surface area contributed by atoms with Gasteiger partial charge in [-0.25, -0.2) is 4.98 Å². The van der Waals surface area contributed by atoms with Crippen molar-refractivity contribution in [1.29, 1.82) is 0 Å². The second-order valence-electron chi connectivity index (χ2n) is 6.47. The highest BCUT2D eigenvalue weighted by Crippen LogP contribution is 2.20. The van der Waals surface area contributed by atoms with Gasteiger partial charge < -0.3 is 5.32 Å². The van der Waals surface area contributed by atoms with Crippen LogP contribution in [0.5, 0.6) is 0 Å². The Labute approximate surface area is 180 Å². The molecule has 0 atom stereocenters. The molecule has 0 aliphatic carbocycles. The third-order valence-electron chi connectivity index (χ3n) is 4.29. The molecule has 0 bridgehead atoms. The fourth-order valence-electron chi connectivity index (χ4n) is 2.82. The second kappa shape index (κ2) is 8.79. The molecule has 3 aromatic carbocycles. The normalized spacial score (nSPS) is 11.1. The van der Waals surface area contributed by atoms with E-state index in [0.717, 1.165) is 10.2 Å². The summed E-state index contributed by atoms with van der Waals surface area (Å²) in [7, 11) is 0. The number of azo groups is 1. The van der Waals surface area contributed by atoms with Gasteiger partial charge in [0.25, 0.3) is 5.56 Å². The largest absolute Gasteiger partial charge is 0.325 e. The molecule has 0 saturated carbocycles. The van der Waals surface area contributed by atoms with Crippen molar-refractivity contribution < 1.29 is 4.79 Å². The number of hydrogen-bond acceptors (Lipinski definition) is 5. The summed E-state index contributed by atoms with van der Waals surface area (Å²) < 4.78 is 2.06. The standard InChI is InChI=1S/C22H16BrN5O2/c23-15-6-11-20-19(12-15)22(30)28(14-24-20)13-21(29)25-16-7-9-18(10-8-16)27-26-17-4-2-1-3-5-17/h1-12,14H,13H2,(H,25,29). The van der Waals surface area contributed by atoms with E-state index in [1.807, 2.05) is 36.4 Å². The van der Waals surface area contributed by atoms with Gasteiger partial charge in [-0.2, -0.15) is 10.2 Å². The van der Waals surface area contributed by atoms with E-state index in [1.165, 1.54) is 10.9 Å². The summed E-state index contributed by atoms with van der Waals surface area (Å²) in [5.74, 6) is -0.327. The number of benzene rings is 3. The van der Waals surface area contributed by atoms with E-state index < -0.39 is 0 Å². The van der Waals surface area contributed by atoms with Crippen LogP contribution in [0.25, 0.3) is 10.9 Å². The third-order valence-corrected chi connectivity index (χ3v) is 4.78. The lowest BCUT2D eigenvalue weighted by atomic mass is 10.2. The Morgan fingerprint density at radius 1 is 0.967 bits per heavy atom. The minimum Gasteiger partial charge on any atom is -0.325 e. The molecule has 30 heavy (non-hydrogen) atoms. The molecule has 4 rings (SSSR count). The van der Waals surface area contributed by atoms with Crippen molar-refractivity contribution in [3.63, 3.8) is 0 Å². The topological polar surface area (TPSA) is 88.7 Å². The van der Waals surface area contributed by atoms with Gasteiger partial charge in [-0.3, -0.25) is 14.2 Å². The van der Waals surface area contributed by atoms with E-state index >= 15 is 0 Å². The van der Waals surface area contributed by atoms with Crippen molar-refractivity contribution in [2.75, 3.05) is 5.32 Å². The number of nitrogens with one attached hydrogen (secondary N) is 1. The Hall–Kier alpha value is -3.65. The summed E-state index contributed by atoms with van der Waals surface area (Å²) in [5, 5.41) is 11.5. The highest BCUT2D eigenvalue weighted by Gasteiger charge is 2.09. The molecule has 7 nitrogen and oxygen atoms in total. The molecule has 0 spiro atoms. The summed E-state index contributed by atoms with van der Waals surface area (Å²) in [5.41, 5.74) is 2.34. The van der Waals surface area contributed by atoms with Crippen LogP contribution in [0.3, 0.4) is 0 Å². The van der Waals surface area contributed by atoms with Crippen molar-refractivity contribution in [3.05, 3.63) is 94.0 Å². The number of hydrogen-bond donors (Lipinski definition) is 1. The van der Waals surface area contributed by atoms with Crippen molar-refractivity contribution in [2.45, 2.75) is 6.54 Å². The Balaban J connectivity index is 1.43. The molecule has 0 fully saturated rings. The van der Waals surface area contributed by atoms with Crippen LogP contribution >= 0.6 is 15.9 Å². The zero-order chi connectivity index (χ0) is 20.9. The summed E-state index contributed by atoms with van der Waals surface area (Å²) in [6, 6.07) is 21.7. The molecular formula is C22H16BrN5O2. The van der Waals surface area contributed by atoms with Gasteiger partial charge in [-0.1, -0.05) is 34.1 Å². The molecule has 0 unspecified atom stereocenters. The highest BCUT2D eigenvalue weighted by molar-refractivity contribution is 9.10. The molecule has 1 heterocycles. The maximum Gasteiger partial charge on any atom is 0.261 e. The molecule has 0 aliphatic heterocycles. The Morgan fingerprint density at radius 3 is 2.40 bits per heavy atom. The van der Waals surface area contributed by atoms with Gasteiger partial charge in [0, 0.05) is 10.2 Å². The van der Waals surface area contributed by atoms with Gasteiger partial charge in [-0.05, 0) is 54.6 Å². The maximum atomic E-state index is 12.6. The van der Waals surface area contributed by atoms with Gasteiger partial charge in [0.1, 0.15) is 6.54 Å². The molecule has 0 aliphatic rings. The van der Waals surface area contributed by atoms with Crippen molar-refractivity contribution in [3.8, 4) is 0 Å². The Bertz CT molecular complexity index is 1280. The number of nitrogens with zero attached hydrogens (tertiary/aromatic N) is 4. The van der Waals surface area contributed by atoms with E-state index in [-0.39, 0.29) is 18.0 Å². The van der Waals surface area contributed by atoms with Crippen LogP contribution in [-0.2, 0) is 11.3 Å². The molecule has 1 aromatic heterocycles. The van der Waals surface area contributed by atoms with Crippen LogP contribution in [0.4, 0.5) is 17.1 Å². The summed E-state index contributed by atoms with van der Waals surface area (Å²) in [4.78, 5) is 29.2. The van der Waals surface area contributed by atoms with Crippen LogP contribution in [0.15, 0.2) is 98.6 Å². The number of fused-ring (bicyclic) bond motifs is 1. The molecule has 0 saturated heterocycles. The maximum absolute atomic E-state index is 12.6. The zero-order valence-electron chi connectivity index (χ0n) is 15.7. The molecular weight excluding hydrogens is 446 g/mol. The van der Waals surface area contributed by atoms with Crippen LogP contribution in [0, 0.1) is 0 Å². The van der Waals surface area contributed by atoms with Crippen LogP contribution < -0.4 is 10.9 Å². The lowest BCUT2D eigenvalue weighted by Gasteiger charge is -2.08.